The Labute approximate surface area is 46.9 Å². The zero-order valence-corrected chi connectivity index (χ0v) is 6.71. The van der Waals surface area contributed by atoms with Gasteiger partial charge in [-0.2, -0.15) is 5.90 Å². The van der Waals surface area contributed by atoms with E-state index in [0.717, 1.165) is 0 Å². The third-order valence-electron chi connectivity index (χ3n) is 0.0556. The number of nitrogens with two attached hydrogens (primary N) is 1. The van der Waals surface area contributed by atoms with Crippen LogP contribution in [0.15, 0.2) is 0 Å². The topological polar surface area (TPSA) is 52.3 Å². The van der Waals surface area contributed by atoms with Crippen LogP contribution in [0.1, 0.15) is 0 Å². The van der Waals surface area contributed by atoms with E-state index in [4.69, 9.17) is 4.79 Å². The van der Waals surface area contributed by atoms with Crippen molar-refractivity contribution >= 4 is 30.9 Å². The maximum absolute atomic E-state index is 8.83. The van der Waals surface area contributed by atoms with Crippen molar-refractivity contribution in [3.63, 3.8) is 0 Å². The molecule has 4 heteroatoms. The molecule has 0 aliphatic carbocycles. The van der Waals surface area contributed by atoms with Gasteiger partial charge in [0.25, 0.3) is 0 Å². The van der Waals surface area contributed by atoms with Crippen LogP contribution in [0, 0.1) is 0 Å². The van der Waals surface area contributed by atoms with Crippen LogP contribution in [0.5, 0.6) is 0 Å². The monoisotopic (exact) mass is 185 g/mol. The molecule has 0 aromatic carbocycles. The second-order valence-electron chi connectivity index (χ2n) is 0.232. The summed E-state index contributed by atoms with van der Waals surface area (Å²) < 4.78 is 0. The van der Waals surface area contributed by atoms with E-state index in [1.807, 2.05) is 0 Å². The first-order valence-corrected chi connectivity index (χ1v) is 0.707. The van der Waals surface area contributed by atoms with E-state index in [2.05, 4.69) is 10.7 Å². The molecule has 0 radical (unpaired) electrons. The predicted octanol–water partition coefficient (Wildman–Crippen LogP) is -2.15. The molecule has 0 heterocycles. The van der Waals surface area contributed by atoms with Crippen LogP contribution in [-0.2, 0) is 9.63 Å². The standard InChI is InChI=1S/CH3NO2.Sb.3H/c2-4-1-3;;;;/h1H,2H2;;;;. The molecule has 5 heavy (non-hydrogen) atoms. The van der Waals surface area contributed by atoms with Crippen molar-refractivity contribution < 1.29 is 9.63 Å². The molecule has 0 spiro atoms. The van der Waals surface area contributed by atoms with Crippen molar-refractivity contribution in [1.29, 1.82) is 0 Å². The van der Waals surface area contributed by atoms with Crippen molar-refractivity contribution in [3.8, 4) is 0 Å². The van der Waals surface area contributed by atoms with Gasteiger partial charge in [-0.1, -0.05) is 0 Å². The SMILES string of the molecule is NOC=O.[SbH3]. The van der Waals surface area contributed by atoms with Gasteiger partial charge in [0, 0.05) is 0 Å². The second-order valence-corrected chi connectivity index (χ2v) is 0.232. The minimum absolute atomic E-state index is 0. The summed E-state index contributed by atoms with van der Waals surface area (Å²) in [6.45, 7) is 0.153. The fourth-order valence-corrected chi connectivity index (χ4v) is 0. The molecule has 0 saturated carbocycles. The molecule has 0 unspecified atom stereocenters. The molecule has 0 aromatic rings. The fraction of sp³-hybridized carbons (Fsp3) is 0. The Balaban J connectivity index is 0. The summed E-state index contributed by atoms with van der Waals surface area (Å²) in [7, 11) is 0. The molecule has 0 saturated heterocycles. The van der Waals surface area contributed by atoms with Gasteiger partial charge in [0.05, 0.1) is 0 Å². The Hall–Kier alpha value is 0.248. The van der Waals surface area contributed by atoms with Crippen molar-refractivity contribution in [2.24, 2.45) is 5.90 Å². The first kappa shape index (κ1) is 8.98. The van der Waals surface area contributed by atoms with Crippen LogP contribution in [0.2, 0.25) is 0 Å². The summed E-state index contributed by atoms with van der Waals surface area (Å²) in [5.41, 5.74) is 0. The van der Waals surface area contributed by atoms with E-state index in [9.17, 15) is 0 Å². The van der Waals surface area contributed by atoms with E-state index >= 15 is 0 Å². The number of rotatable bonds is 1. The molecule has 0 fully saturated rings. The fourth-order valence-electron chi connectivity index (χ4n) is 0. The Kier molecular flexibility index (Phi) is 15.9. The van der Waals surface area contributed by atoms with Crippen LogP contribution in [0.3, 0.4) is 0 Å². The predicted molar refractivity (Wildman–Crippen MR) is 21.3 cm³/mol. The third kappa shape index (κ3) is 13.8. The van der Waals surface area contributed by atoms with Gasteiger partial charge >= 0.3 is 30.9 Å². The van der Waals surface area contributed by atoms with Gasteiger partial charge in [0.15, 0.2) is 0 Å². The Morgan fingerprint density at radius 1 is 1.80 bits per heavy atom. The zero-order valence-electron chi connectivity index (χ0n) is 2.68. The van der Waals surface area contributed by atoms with E-state index in [0.29, 0.717) is 0 Å². The summed E-state index contributed by atoms with van der Waals surface area (Å²) in [5.74, 6) is 4.16. The molecule has 32 valence electrons. The van der Waals surface area contributed by atoms with Crippen molar-refractivity contribution in [2.75, 3.05) is 0 Å². The minimum atomic E-state index is 0. The summed E-state index contributed by atoms with van der Waals surface area (Å²) in [6.07, 6.45) is 0. The van der Waals surface area contributed by atoms with Crippen LogP contribution in [0.25, 0.3) is 0 Å². The molecule has 2 N–H and O–H groups in total. The van der Waals surface area contributed by atoms with Crippen molar-refractivity contribution in [1.82, 2.24) is 0 Å². The quantitative estimate of drug-likeness (QED) is 0.288. The zero-order chi connectivity index (χ0) is 3.41. The molecule has 3 nitrogen and oxygen atoms in total. The van der Waals surface area contributed by atoms with Gasteiger partial charge in [0.2, 0.25) is 0 Å². The average Bonchev–Trinajstić information content (AvgIpc) is 1.37. The summed E-state index contributed by atoms with van der Waals surface area (Å²) in [6, 6.07) is 0. The van der Waals surface area contributed by atoms with E-state index in [1.165, 1.54) is 0 Å². The van der Waals surface area contributed by atoms with Crippen LogP contribution < -0.4 is 5.90 Å². The van der Waals surface area contributed by atoms with Crippen LogP contribution in [-0.4, -0.2) is 30.9 Å². The van der Waals surface area contributed by atoms with Gasteiger partial charge in [-0.15, -0.1) is 0 Å². The average molecular weight is 186 g/mol. The summed E-state index contributed by atoms with van der Waals surface area (Å²) in [4.78, 5) is 12.2. The summed E-state index contributed by atoms with van der Waals surface area (Å²) in [5, 5.41) is 0. The molecule has 0 bridgehead atoms. The molecule has 0 rings (SSSR count). The molecule has 0 atom stereocenters. The molecule has 0 aliphatic rings. The molecule has 0 amide bonds. The van der Waals surface area contributed by atoms with E-state index in [1.54, 1.807) is 0 Å². The summed E-state index contributed by atoms with van der Waals surface area (Å²) >= 11 is 0. The first-order valence-electron chi connectivity index (χ1n) is 0.707. The molecule has 0 aromatic heterocycles. The first-order chi connectivity index (χ1) is 1.91. The van der Waals surface area contributed by atoms with Crippen LogP contribution >= 0.6 is 0 Å². The van der Waals surface area contributed by atoms with Crippen molar-refractivity contribution in [2.45, 2.75) is 0 Å². The van der Waals surface area contributed by atoms with E-state index < -0.39 is 0 Å². The Morgan fingerprint density at radius 3 is 2.00 bits per heavy atom. The number of carbonyl (C=O) groups excluding carboxylic acids is 1. The van der Waals surface area contributed by atoms with Gasteiger partial charge in [-0.3, -0.25) is 4.79 Å². The molecule has 0 aliphatic heterocycles. The number of hydrogen-bond donors (Lipinski definition) is 1. The van der Waals surface area contributed by atoms with Gasteiger partial charge in [-0.25, -0.2) is 0 Å². The second kappa shape index (κ2) is 8.87. The normalized spacial score (nSPS) is 4.20. The molecular formula is CH6NO2Sb. The van der Waals surface area contributed by atoms with Gasteiger partial charge in [-0.05, 0) is 0 Å². The van der Waals surface area contributed by atoms with Crippen LogP contribution in [0.4, 0.5) is 0 Å². The Morgan fingerprint density at radius 2 is 2.00 bits per heavy atom. The number of carbonyl (C=O) groups is 1. The molecular weight excluding hydrogens is 180 g/mol. The van der Waals surface area contributed by atoms with E-state index in [-0.39, 0.29) is 30.9 Å². The number of hydrogen-bond acceptors (Lipinski definition) is 3. The van der Waals surface area contributed by atoms with Crippen molar-refractivity contribution in [3.05, 3.63) is 0 Å². The third-order valence-corrected chi connectivity index (χ3v) is 0.0556. The Bertz CT molecular complexity index is 23.6. The van der Waals surface area contributed by atoms with Gasteiger partial charge in [0.1, 0.15) is 0 Å². The van der Waals surface area contributed by atoms with Gasteiger partial charge < -0.3 is 4.84 Å². The maximum atomic E-state index is 8.83.